The number of aromatic carboxylic acids is 1. The molecule has 0 saturated carbocycles. The van der Waals surface area contributed by atoms with E-state index in [2.05, 4.69) is 0 Å². The molecule has 1 rings (SSSR count). The number of rotatable bonds is 2. The van der Waals surface area contributed by atoms with Crippen molar-refractivity contribution in [2.45, 2.75) is 20.0 Å². The van der Waals surface area contributed by atoms with E-state index < -0.39 is 12.1 Å². The molecule has 13 heavy (non-hydrogen) atoms. The summed E-state index contributed by atoms with van der Waals surface area (Å²) in [7, 11) is 0. The maximum Gasteiger partial charge on any atom is 0.335 e. The summed E-state index contributed by atoms with van der Waals surface area (Å²) in [6.45, 7) is 3.42. The van der Waals surface area contributed by atoms with E-state index in [9.17, 15) is 9.90 Å². The number of carbonyl (C=O) groups is 1. The van der Waals surface area contributed by atoms with E-state index in [1.165, 1.54) is 6.07 Å². The molecule has 0 aliphatic heterocycles. The molecule has 3 heteroatoms. The molecule has 70 valence electrons. The summed E-state index contributed by atoms with van der Waals surface area (Å²) in [5, 5.41) is 18.0. The Morgan fingerprint density at radius 2 is 2.00 bits per heavy atom. The second kappa shape index (κ2) is 3.58. The lowest BCUT2D eigenvalue weighted by atomic mass is 10.0. The fourth-order valence-electron chi connectivity index (χ4n) is 1.18. The first-order chi connectivity index (χ1) is 6.00. The van der Waals surface area contributed by atoms with Crippen LogP contribution in [0.5, 0.6) is 0 Å². The number of carboxylic acid groups (broad SMARTS) is 1. The third-order valence-corrected chi connectivity index (χ3v) is 1.83. The van der Waals surface area contributed by atoms with Crippen molar-refractivity contribution >= 4 is 5.97 Å². The average Bonchev–Trinajstić information content (AvgIpc) is 2.03. The van der Waals surface area contributed by atoms with Crippen molar-refractivity contribution < 1.29 is 15.0 Å². The largest absolute Gasteiger partial charge is 0.478 e. The summed E-state index contributed by atoms with van der Waals surface area (Å²) in [5.74, 6) is -0.967. The van der Waals surface area contributed by atoms with E-state index in [1.807, 2.05) is 0 Å². The van der Waals surface area contributed by atoms with Gasteiger partial charge in [-0.25, -0.2) is 4.79 Å². The van der Waals surface area contributed by atoms with Crippen LogP contribution in [-0.2, 0) is 0 Å². The number of hydrogen-bond acceptors (Lipinski definition) is 2. The normalized spacial score (nSPS) is 12.5. The van der Waals surface area contributed by atoms with Gasteiger partial charge in [0.25, 0.3) is 0 Å². The van der Waals surface area contributed by atoms with Gasteiger partial charge in [0.15, 0.2) is 0 Å². The van der Waals surface area contributed by atoms with Gasteiger partial charge in [-0.05, 0) is 37.1 Å². The fraction of sp³-hybridized carbons (Fsp3) is 0.300. The highest BCUT2D eigenvalue weighted by Gasteiger charge is 2.07. The average molecular weight is 180 g/mol. The van der Waals surface area contributed by atoms with Crippen LogP contribution >= 0.6 is 0 Å². The minimum absolute atomic E-state index is 0.218. The lowest BCUT2D eigenvalue weighted by molar-refractivity contribution is 0.0696. The highest BCUT2D eigenvalue weighted by molar-refractivity contribution is 5.88. The summed E-state index contributed by atoms with van der Waals surface area (Å²) in [5.41, 5.74) is 1.70. The Hall–Kier alpha value is -1.35. The van der Waals surface area contributed by atoms with Gasteiger partial charge in [0.1, 0.15) is 0 Å². The summed E-state index contributed by atoms with van der Waals surface area (Å²) in [6.07, 6.45) is -0.627. The maximum atomic E-state index is 10.6. The monoisotopic (exact) mass is 180 g/mol. The molecule has 2 N–H and O–H groups in total. The molecule has 0 spiro atoms. The molecule has 0 fully saturated rings. The molecule has 0 aliphatic rings. The fourth-order valence-corrected chi connectivity index (χ4v) is 1.18. The Balaban J connectivity index is 3.19. The lowest BCUT2D eigenvalue weighted by Gasteiger charge is -2.06. The second-order valence-corrected chi connectivity index (χ2v) is 3.11. The molecule has 0 aliphatic carbocycles. The van der Waals surface area contributed by atoms with E-state index in [-0.39, 0.29) is 5.56 Å². The summed E-state index contributed by atoms with van der Waals surface area (Å²) in [6, 6.07) is 4.84. The Labute approximate surface area is 76.6 Å². The van der Waals surface area contributed by atoms with Crippen molar-refractivity contribution in [2.24, 2.45) is 0 Å². The first-order valence-electron chi connectivity index (χ1n) is 4.03. The van der Waals surface area contributed by atoms with Gasteiger partial charge in [0.2, 0.25) is 0 Å². The number of carboxylic acids is 1. The molecule has 0 heterocycles. The molecule has 0 bridgehead atoms. The van der Waals surface area contributed by atoms with E-state index >= 15 is 0 Å². The molecule has 0 saturated heterocycles. The van der Waals surface area contributed by atoms with Gasteiger partial charge in [-0.2, -0.15) is 0 Å². The topological polar surface area (TPSA) is 57.5 Å². The minimum atomic E-state index is -0.967. The van der Waals surface area contributed by atoms with Gasteiger partial charge >= 0.3 is 5.97 Å². The molecule has 3 nitrogen and oxygen atoms in total. The van der Waals surface area contributed by atoms with Crippen LogP contribution in [0.1, 0.15) is 34.5 Å². The smallest absolute Gasteiger partial charge is 0.335 e. The zero-order valence-corrected chi connectivity index (χ0v) is 7.61. The van der Waals surface area contributed by atoms with Gasteiger partial charge in [-0.3, -0.25) is 0 Å². The molecular weight excluding hydrogens is 168 g/mol. The van der Waals surface area contributed by atoms with Crippen LogP contribution in [-0.4, -0.2) is 16.2 Å². The Morgan fingerprint density at radius 3 is 2.46 bits per heavy atom. The Bertz CT molecular complexity index is 329. The number of hydrogen-bond donors (Lipinski definition) is 2. The van der Waals surface area contributed by atoms with Crippen molar-refractivity contribution in [2.75, 3.05) is 0 Å². The van der Waals surface area contributed by atoms with Crippen LogP contribution in [0.3, 0.4) is 0 Å². The standard InChI is InChI=1S/C10H12O3/c1-6-3-8(7(2)11)5-9(4-6)10(12)13/h3-5,7,11H,1-2H3,(H,12,13). The molecule has 0 amide bonds. The van der Waals surface area contributed by atoms with Gasteiger partial charge in [-0.1, -0.05) is 6.07 Å². The third kappa shape index (κ3) is 2.29. The molecule has 1 aromatic rings. The zero-order chi connectivity index (χ0) is 10.0. The number of aliphatic hydroxyl groups excluding tert-OH is 1. The predicted molar refractivity (Wildman–Crippen MR) is 48.8 cm³/mol. The van der Waals surface area contributed by atoms with E-state index in [0.717, 1.165) is 5.56 Å². The van der Waals surface area contributed by atoms with Crippen molar-refractivity contribution in [1.29, 1.82) is 0 Å². The van der Waals surface area contributed by atoms with Crippen LogP contribution < -0.4 is 0 Å². The van der Waals surface area contributed by atoms with E-state index in [1.54, 1.807) is 26.0 Å². The maximum absolute atomic E-state index is 10.6. The van der Waals surface area contributed by atoms with Crippen molar-refractivity contribution in [3.63, 3.8) is 0 Å². The Morgan fingerprint density at radius 1 is 1.38 bits per heavy atom. The number of aryl methyl sites for hydroxylation is 1. The van der Waals surface area contributed by atoms with Gasteiger partial charge in [0.05, 0.1) is 11.7 Å². The van der Waals surface area contributed by atoms with E-state index in [4.69, 9.17) is 5.11 Å². The molecule has 1 unspecified atom stereocenters. The predicted octanol–water partition coefficient (Wildman–Crippen LogP) is 1.75. The SMILES string of the molecule is Cc1cc(C(=O)O)cc(C(C)O)c1. The molecule has 0 aromatic heterocycles. The minimum Gasteiger partial charge on any atom is -0.478 e. The second-order valence-electron chi connectivity index (χ2n) is 3.11. The highest BCUT2D eigenvalue weighted by Crippen LogP contribution is 2.16. The number of aliphatic hydroxyl groups is 1. The summed E-state index contributed by atoms with van der Waals surface area (Å²) >= 11 is 0. The van der Waals surface area contributed by atoms with Crippen LogP contribution in [0.25, 0.3) is 0 Å². The Kier molecular flexibility index (Phi) is 2.68. The van der Waals surface area contributed by atoms with Gasteiger partial charge in [-0.15, -0.1) is 0 Å². The van der Waals surface area contributed by atoms with Crippen LogP contribution in [0, 0.1) is 6.92 Å². The lowest BCUT2D eigenvalue weighted by Crippen LogP contribution is -2.00. The van der Waals surface area contributed by atoms with Crippen LogP contribution in [0.15, 0.2) is 18.2 Å². The zero-order valence-electron chi connectivity index (χ0n) is 7.61. The van der Waals surface area contributed by atoms with Gasteiger partial charge < -0.3 is 10.2 Å². The molecular formula is C10H12O3. The van der Waals surface area contributed by atoms with Crippen molar-refractivity contribution in [1.82, 2.24) is 0 Å². The van der Waals surface area contributed by atoms with Crippen molar-refractivity contribution in [3.8, 4) is 0 Å². The van der Waals surface area contributed by atoms with Gasteiger partial charge in [0, 0.05) is 0 Å². The summed E-state index contributed by atoms with van der Waals surface area (Å²) in [4.78, 5) is 10.6. The first kappa shape index (κ1) is 9.74. The van der Waals surface area contributed by atoms with E-state index in [0.29, 0.717) is 5.56 Å². The summed E-state index contributed by atoms with van der Waals surface area (Å²) < 4.78 is 0. The third-order valence-electron chi connectivity index (χ3n) is 1.83. The van der Waals surface area contributed by atoms with Crippen LogP contribution in [0.2, 0.25) is 0 Å². The number of benzene rings is 1. The first-order valence-corrected chi connectivity index (χ1v) is 4.03. The van der Waals surface area contributed by atoms with Crippen molar-refractivity contribution in [3.05, 3.63) is 34.9 Å². The molecule has 1 atom stereocenters. The quantitative estimate of drug-likeness (QED) is 0.728. The van der Waals surface area contributed by atoms with Crippen LogP contribution in [0.4, 0.5) is 0 Å². The highest BCUT2D eigenvalue weighted by atomic mass is 16.4. The molecule has 1 aromatic carbocycles. The molecule has 0 radical (unpaired) electrons.